The van der Waals surface area contributed by atoms with Gasteiger partial charge in [-0.1, -0.05) is 12.1 Å². The van der Waals surface area contributed by atoms with E-state index < -0.39 is 98.5 Å². The largest absolute Gasteiger partial charge is 0.508 e. The average molecular weight is 615 g/mol. The number of aliphatic hydroxyl groups excluding tert-OH is 4. The Hall–Kier alpha value is -3.64. The fraction of sp³-hybridized carbons (Fsp3) is 0.556. The molecule has 0 spiro atoms. The van der Waals surface area contributed by atoms with Crippen molar-refractivity contribution in [3.8, 4) is 5.75 Å². The van der Waals surface area contributed by atoms with Crippen LogP contribution >= 0.6 is 0 Å². The van der Waals surface area contributed by atoms with Crippen LogP contribution in [0.15, 0.2) is 30.3 Å². The first-order valence-electron chi connectivity index (χ1n) is 13.0. The van der Waals surface area contributed by atoms with Crippen LogP contribution < -0.4 is 0 Å². The van der Waals surface area contributed by atoms with Gasteiger partial charge in [0, 0.05) is 26.8 Å². The first-order valence-corrected chi connectivity index (χ1v) is 13.0. The molecule has 3 rings (SSSR count). The van der Waals surface area contributed by atoms with E-state index in [2.05, 4.69) is 0 Å². The zero-order valence-corrected chi connectivity index (χ0v) is 23.4. The standard InChI is InChI=1S/C27H34O16/c1-13(29)37-10-18-21(34)23(36)24(39-15(3)31)26(40-18)43-27(12-28)25(22(35)19(42-27)11-38-14(2)30)41-20(33)9-6-16-4-7-17(32)8-5-16/h4-9,18-19,21-26,28,32,34-36H,10-12H2,1-3H3. The normalized spacial score (nSPS) is 32.3. The van der Waals surface area contributed by atoms with Crippen LogP contribution in [0.5, 0.6) is 5.75 Å². The molecule has 43 heavy (non-hydrogen) atoms. The van der Waals surface area contributed by atoms with Gasteiger partial charge in [-0.25, -0.2) is 4.79 Å². The van der Waals surface area contributed by atoms with E-state index in [1.54, 1.807) is 0 Å². The number of aliphatic hydroxyl groups is 4. The fourth-order valence-corrected chi connectivity index (χ4v) is 4.36. The van der Waals surface area contributed by atoms with Gasteiger partial charge < -0.3 is 58.7 Å². The number of carbonyl (C=O) groups is 4. The maximum atomic E-state index is 12.8. The van der Waals surface area contributed by atoms with Crippen molar-refractivity contribution >= 4 is 30.0 Å². The molecule has 2 aliphatic rings. The van der Waals surface area contributed by atoms with E-state index >= 15 is 0 Å². The Labute approximate surface area is 245 Å². The molecule has 1 aromatic carbocycles. The number of benzene rings is 1. The van der Waals surface area contributed by atoms with Gasteiger partial charge in [0.25, 0.3) is 0 Å². The number of hydrogen-bond acceptors (Lipinski definition) is 16. The molecule has 0 bridgehead atoms. The molecule has 0 aliphatic carbocycles. The summed E-state index contributed by atoms with van der Waals surface area (Å²) in [6.07, 6.45) is -11.3. The number of hydrogen-bond donors (Lipinski definition) is 5. The maximum absolute atomic E-state index is 12.8. The summed E-state index contributed by atoms with van der Waals surface area (Å²) >= 11 is 0. The van der Waals surface area contributed by atoms with Crippen LogP contribution in [0.3, 0.4) is 0 Å². The van der Waals surface area contributed by atoms with Gasteiger partial charge in [0.2, 0.25) is 12.1 Å². The third kappa shape index (κ3) is 8.70. The summed E-state index contributed by atoms with van der Waals surface area (Å²) in [6, 6.07) is 5.77. The van der Waals surface area contributed by atoms with Gasteiger partial charge in [-0.15, -0.1) is 0 Å². The SMILES string of the molecule is CC(=O)OCC1OC(OC2(CO)OC(COC(C)=O)C(O)C2OC(=O)C=Cc2ccc(O)cc2)C(OC(C)=O)C(O)C1O. The van der Waals surface area contributed by atoms with Crippen molar-refractivity contribution in [3.05, 3.63) is 35.9 Å². The molecule has 2 fully saturated rings. The van der Waals surface area contributed by atoms with Crippen LogP contribution in [0.4, 0.5) is 0 Å². The summed E-state index contributed by atoms with van der Waals surface area (Å²) in [7, 11) is 0. The Morgan fingerprint density at radius 1 is 0.860 bits per heavy atom. The van der Waals surface area contributed by atoms with Crippen LogP contribution in [0, 0.1) is 0 Å². The molecule has 9 atom stereocenters. The van der Waals surface area contributed by atoms with Gasteiger partial charge in [0.1, 0.15) is 56.1 Å². The van der Waals surface area contributed by atoms with Crippen LogP contribution in [0.25, 0.3) is 6.08 Å². The highest BCUT2D eigenvalue weighted by Crippen LogP contribution is 2.39. The monoisotopic (exact) mass is 614 g/mol. The number of rotatable bonds is 11. The quantitative estimate of drug-likeness (QED) is 0.106. The van der Waals surface area contributed by atoms with Gasteiger partial charge in [-0.05, 0) is 23.8 Å². The van der Waals surface area contributed by atoms with E-state index in [0.29, 0.717) is 5.56 Å². The molecule has 0 saturated carbocycles. The number of phenols is 1. The summed E-state index contributed by atoms with van der Waals surface area (Å²) < 4.78 is 37.5. The van der Waals surface area contributed by atoms with Gasteiger partial charge in [0.05, 0.1) is 0 Å². The molecule has 2 aliphatic heterocycles. The molecule has 0 amide bonds. The zero-order valence-electron chi connectivity index (χ0n) is 23.4. The average Bonchev–Trinajstić information content (AvgIpc) is 3.20. The zero-order chi connectivity index (χ0) is 31.9. The van der Waals surface area contributed by atoms with E-state index in [1.807, 2.05) is 0 Å². The predicted molar refractivity (Wildman–Crippen MR) is 138 cm³/mol. The summed E-state index contributed by atoms with van der Waals surface area (Å²) in [6.45, 7) is 0.936. The van der Waals surface area contributed by atoms with Crippen molar-refractivity contribution in [2.24, 2.45) is 0 Å². The Bertz CT molecular complexity index is 1170. The second kappa shape index (κ2) is 14.7. The molecular formula is C27H34O16. The van der Waals surface area contributed by atoms with Crippen LogP contribution in [-0.4, -0.2) is 124 Å². The number of aromatic hydroxyl groups is 1. The third-order valence-electron chi connectivity index (χ3n) is 6.41. The van der Waals surface area contributed by atoms with E-state index in [0.717, 1.165) is 26.8 Å². The lowest BCUT2D eigenvalue weighted by Crippen LogP contribution is -2.64. The summed E-state index contributed by atoms with van der Waals surface area (Å²) in [4.78, 5) is 47.3. The van der Waals surface area contributed by atoms with Crippen molar-refractivity contribution in [2.75, 3.05) is 19.8 Å². The lowest BCUT2D eigenvalue weighted by Gasteiger charge is -2.44. The molecule has 0 radical (unpaired) electrons. The van der Waals surface area contributed by atoms with Crippen LogP contribution in [-0.2, 0) is 52.3 Å². The smallest absolute Gasteiger partial charge is 0.331 e. The Morgan fingerprint density at radius 2 is 1.47 bits per heavy atom. The lowest BCUT2D eigenvalue weighted by molar-refractivity contribution is -0.383. The van der Waals surface area contributed by atoms with Crippen LogP contribution in [0.2, 0.25) is 0 Å². The minimum Gasteiger partial charge on any atom is -0.508 e. The Balaban J connectivity index is 1.93. The lowest BCUT2D eigenvalue weighted by atomic mass is 9.98. The van der Waals surface area contributed by atoms with Crippen molar-refractivity contribution in [1.29, 1.82) is 0 Å². The summed E-state index contributed by atoms with van der Waals surface area (Å²) in [5, 5.41) is 52.1. The predicted octanol–water partition coefficient (Wildman–Crippen LogP) is -1.71. The van der Waals surface area contributed by atoms with Crippen molar-refractivity contribution < 1.29 is 77.9 Å². The molecule has 0 aromatic heterocycles. The molecule has 16 heteroatoms. The van der Waals surface area contributed by atoms with Gasteiger partial charge >= 0.3 is 23.9 Å². The highest BCUT2D eigenvalue weighted by atomic mass is 16.8. The molecule has 1 aromatic rings. The second-order valence-electron chi connectivity index (χ2n) is 9.72. The molecule has 2 saturated heterocycles. The highest BCUT2D eigenvalue weighted by molar-refractivity contribution is 5.87. The van der Waals surface area contributed by atoms with Crippen molar-refractivity contribution in [1.82, 2.24) is 0 Å². The topological polar surface area (TPSA) is 234 Å². The highest BCUT2D eigenvalue weighted by Gasteiger charge is 2.61. The first-order chi connectivity index (χ1) is 20.3. The number of esters is 4. The molecule has 16 nitrogen and oxygen atoms in total. The minimum atomic E-state index is -2.47. The van der Waals surface area contributed by atoms with E-state index in [4.69, 9.17) is 33.2 Å². The number of phenolic OH excluding ortho intramolecular Hbond substituents is 1. The molecular weight excluding hydrogens is 580 g/mol. The minimum absolute atomic E-state index is 0.000580. The number of carbonyl (C=O) groups excluding carboxylic acids is 4. The van der Waals surface area contributed by atoms with E-state index in [1.165, 1.54) is 30.3 Å². The Morgan fingerprint density at radius 3 is 2.02 bits per heavy atom. The third-order valence-corrected chi connectivity index (χ3v) is 6.41. The molecule has 9 unspecified atom stereocenters. The van der Waals surface area contributed by atoms with E-state index in [-0.39, 0.29) is 5.75 Å². The molecule has 2 heterocycles. The molecule has 238 valence electrons. The fourth-order valence-electron chi connectivity index (χ4n) is 4.36. The Kier molecular flexibility index (Phi) is 11.6. The summed E-state index contributed by atoms with van der Waals surface area (Å²) in [5.41, 5.74) is 0.501. The summed E-state index contributed by atoms with van der Waals surface area (Å²) in [5.74, 6) is -5.91. The van der Waals surface area contributed by atoms with E-state index in [9.17, 15) is 44.7 Å². The molecule has 5 N–H and O–H groups in total. The maximum Gasteiger partial charge on any atom is 0.331 e. The van der Waals surface area contributed by atoms with Gasteiger partial charge in [-0.3, -0.25) is 14.4 Å². The van der Waals surface area contributed by atoms with Crippen molar-refractivity contribution in [3.63, 3.8) is 0 Å². The van der Waals surface area contributed by atoms with Gasteiger partial charge in [-0.2, -0.15) is 0 Å². The van der Waals surface area contributed by atoms with Crippen molar-refractivity contribution in [2.45, 2.75) is 75.6 Å². The van der Waals surface area contributed by atoms with Gasteiger partial charge in [0.15, 0.2) is 12.2 Å². The first kappa shape index (κ1) is 33.9. The van der Waals surface area contributed by atoms with Crippen LogP contribution in [0.1, 0.15) is 26.3 Å². The number of ether oxygens (including phenoxy) is 7. The second-order valence-corrected chi connectivity index (χ2v) is 9.72.